The van der Waals surface area contributed by atoms with Crippen LogP contribution in [-0.2, 0) is 0 Å². The quantitative estimate of drug-likeness (QED) is 0.746. The Bertz CT molecular complexity index is 519. The van der Waals surface area contributed by atoms with Gasteiger partial charge in [0.25, 0.3) is 0 Å². The van der Waals surface area contributed by atoms with Crippen LogP contribution in [0.25, 0.3) is 0 Å². The number of benzene rings is 1. The molecule has 0 saturated heterocycles. The van der Waals surface area contributed by atoms with E-state index >= 15 is 0 Å². The number of hydrogen-bond acceptors (Lipinski definition) is 2. The molecule has 0 atom stereocenters. The highest BCUT2D eigenvalue weighted by molar-refractivity contribution is 6.30. The second-order valence-corrected chi connectivity index (χ2v) is 3.38. The minimum atomic E-state index is -0.647. The van der Waals surface area contributed by atoms with Gasteiger partial charge in [-0.3, -0.25) is 0 Å². The lowest BCUT2D eigenvalue weighted by molar-refractivity contribution is 0.444. The third-order valence-corrected chi connectivity index (χ3v) is 2.09. The van der Waals surface area contributed by atoms with Gasteiger partial charge in [0.1, 0.15) is 11.6 Å². The van der Waals surface area contributed by atoms with Crippen LogP contribution in [0, 0.1) is 11.8 Å². The van der Waals surface area contributed by atoms with Crippen molar-refractivity contribution in [3.8, 4) is 11.6 Å². The van der Waals surface area contributed by atoms with Crippen LogP contribution in [0.3, 0.4) is 0 Å². The maximum Gasteiger partial charge on any atom is 0.221 e. The van der Waals surface area contributed by atoms with Gasteiger partial charge in [-0.15, -0.1) is 0 Å². The summed E-state index contributed by atoms with van der Waals surface area (Å²) < 4.78 is 30.8. The molecule has 0 aliphatic carbocycles. The topological polar surface area (TPSA) is 22.1 Å². The SMILES string of the molecule is Fc1cccc(Oc2ccc(F)c(Cl)c2)n1. The molecule has 0 amide bonds. The summed E-state index contributed by atoms with van der Waals surface area (Å²) in [5.74, 6) is -0.806. The fraction of sp³-hybridized carbons (Fsp3) is 0. The molecule has 1 aromatic heterocycles. The summed E-state index contributed by atoms with van der Waals surface area (Å²) in [7, 11) is 0. The van der Waals surface area contributed by atoms with Crippen molar-refractivity contribution in [1.29, 1.82) is 0 Å². The first-order valence-electron chi connectivity index (χ1n) is 4.40. The summed E-state index contributed by atoms with van der Waals surface area (Å²) in [6.07, 6.45) is 0. The van der Waals surface area contributed by atoms with Crippen LogP contribution >= 0.6 is 11.6 Å². The lowest BCUT2D eigenvalue weighted by atomic mass is 10.3. The van der Waals surface area contributed by atoms with Gasteiger partial charge < -0.3 is 4.74 Å². The van der Waals surface area contributed by atoms with Crippen molar-refractivity contribution in [3.05, 3.63) is 53.2 Å². The molecule has 0 fully saturated rings. The molecule has 0 aliphatic rings. The predicted molar refractivity (Wildman–Crippen MR) is 55.7 cm³/mol. The van der Waals surface area contributed by atoms with Crippen LogP contribution in [0.15, 0.2) is 36.4 Å². The number of halogens is 3. The largest absolute Gasteiger partial charge is 0.439 e. The van der Waals surface area contributed by atoms with E-state index < -0.39 is 11.8 Å². The molecule has 0 spiro atoms. The van der Waals surface area contributed by atoms with E-state index in [0.29, 0.717) is 5.75 Å². The molecule has 0 N–H and O–H groups in total. The molecule has 0 radical (unpaired) electrons. The van der Waals surface area contributed by atoms with E-state index in [1.807, 2.05) is 0 Å². The Balaban J connectivity index is 2.24. The van der Waals surface area contributed by atoms with Gasteiger partial charge in [-0.25, -0.2) is 4.39 Å². The fourth-order valence-electron chi connectivity index (χ4n) is 1.11. The molecule has 0 bridgehead atoms. The van der Waals surface area contributed by atoms with Crippen molar-refractivity contribution >= 4 is 11.6 Å². The van der Waals surface area contributed by atoms with E-state index in [2.05, 4.69) is 4.98 Å². The van der Waals surface area contributed by atoms with Crippen molar-refractivity contribution in [2.45, 2.75) is 0 Å². The first kappa shape index (κ1) is 10.8. The molecule has 2 nitrogen and oxygen atoms in total. The van der Waals surface area contributed by atoms with Gasteiger partial charge in [0.2, 0.25) is 11.8 Å². The first-order chi connectivity index (χ1) is 7.65. The molecule has 1 heterocycles. The molecule has 82 valence electrons. The van der Waals surface area contributed by atoms with Gasteiger partial charge in [-0.2, -0.15) is 9.37 Å². The number of pyridine rings is 1. The Labute approximate surface area is 95.5 Å². The van der Waals surface area contributed by atoms with Crippen LogP contribution in [-0.4, -0.2) is 4.98 Å². The Hall–Kier alpha value is -1.68. The lowest BCUT2D eigenvalue weighted by Crippen LogP contribution is -1.90. The highest BCUT2D eigenvalue weighted by Crippen LogP contribution is 2.24. The van der Waals surface area contributed by atoms with E-state index in [9.17, 15) is 8.78 Å². The maximum absolute atomic E-state index is 12.8. The summed E-state index contributed by atoms with van der Waals surface area (Å²) in [5, 5.41) is -0.0612. The minimum absolute atomic E-state index is 0.0612. The van der Waals surface area contributed by atoms with Crippen molar-refractivity contribution in [2.24, 2.45) is 0 Å². The molecule has 2 aromatic rings. The van der Waals surface area contributed by atoms with Crippen molar-refractivity contribution in [3.63, 3.8) is 0 Å². The minimum Gasteiger partial charge on any atom is -0.439 e. The third-order valence-electron chi connectivity index (χ3n) is 1.80. The Kier molecular flexibility index (Phi) is 3.01. The third kappa shape index (κ3) is 2.46. The molecule has 0 unspecified atom stereocenters. The van der Waals surface area contributed by atoms with Crippen LogP contribution < -0.4 is 4.74 Å². The van der Waals surface area contributed by atoms with Crippen molar-refractivity contribution in [1.82, 2.24) is 4.98 Å². The van der Waals surface area contributed by atoms with E-state index in [0.717, 1.165) is 6.07 Å². The van der Waals surface area contributed by atoms with Gasteiger partial charge in [-0.05, 0) is 18.2 Å². The predicted octanol–water partition coefficient (Wildman–Crippen LogP) is 3.81. The smallest absolute Gasteiger partial charge is 0.221 e. The second-order valence-electron chi connectivity index (χ2n) is 2.98. The summed E-state index contributed by atoms with van der Waals surface area (Å²) >= 11 is 5.56. The van der Waals surface area contributed by atoms with Crippen LogP contribution in [0.5, 0.6) is 11.6 Å². The van der Waals surface area contributed by atoms with Crippen LogP contribution in [0.2, 0.25) is 5.02 Å². The summed E-state index contributed by atoms with van der Waals surface area (Å²) in [6, 6.07) is 7.99. The molecule has 5 heteroatoms. The molecule has 2 rings (SSSR count). The van der Waals surface area contributed by atoms with Gasteiger partial charge in [-0.1, -0.05) is 17.7 Å². The molecule has 1 aromatic carbocycles. The van der Waals surface area contributed by atoms with Crippen molar-refractivity contribution < 1.29 is 13.5 Å². The van der Waals surface area contributed by atoms with Crippen LogP contribution in [0.1, 0.15) is 0 Å². The first-order valence-corrected chi connectivity index (χ1v) is 4.78. The molecule has 16 heavy (non-hydrogen) atoms. The zero-order chi connectivity index (χ0) is 11.5. The monoisotopic (exact) mass is 241 g/mol. The van der Waals surface area contributed by atoms with Gasteiger partial charge in [0.15, 0.2) is 0 Å². The Morgan fingerprint density at radius 3 is 2.62 bits per heavy atom. The number of ether oxygens (including phenoxy) is 1. The lowest BCUT2D eigenvalue weighted by Gasteiger charge is -2.04. The number of rotatable bonds is 2. The van der Waals surface area contributed by atoms with Gasteiger partial charge >= 0.3 is 0 Å². The van der Waals surface area contributed by atoms with Gasteiger partial charge in [0.05, 0.1) is 5.02 Å². The average Bonchev–Trinajstić information content (AvgIpc) is 2.24. The number of aromatic nitrogens is 1. The van der Waals surface area contributed by atoms with E-state index in [1.54, 1.807) is 0 Å². The highest BCUT2D eigenvalue weighted by Gasteiger charge is 2.04. The average molecular weight is 242 g/mol. The summed E-state index contributed by atoms with van der Waals surface area (Å²) in [4.78, 5) is 3.49. The fourth-order valence-corrected chi connectivity index (χ4v) is 1.28. The number of hydrogen-bond donors (Lipinski definition) is 0. The van der Waals surface area contributed by atoms with E-state index in [4.69, 9.17) is 16.3 Å². The standard InChI is InChI=1S/C11H6ClF2NO/c12-8-6-7(4-5-9(8)13)16-11-3-1-2-10(14)15-11/h1-6H. The van der Waals surface area contributed by atoms with Crippen molar-refractivity contribution in [2.75, 3.05) is 0 Å². The highest BCUT2D eigenvalue weighted by atomic mass is 35.5. The molecular weight excluding hydrogens is 236 g/mol. The van der Waals surface area contributed by atoms with Gasteiger partial charge in [0, 0.05) is 12.1 Å². The van der Waals surface area contributed by atoms with E-state index in [-0.39, 0.29) is 10.9 Å². The summed E-state index contributed by atoms with van der Waals surface area (Å²) in [6.45, 7) is 0. The molecule has 0 aliphatic heterocycles. The maximum atomic E-state index is 12.8. The molecular formula is C11H6ClF2NO. The Morgan fingerprint density at radius 2 is 1.94 bits per heavy atom. The number of nitrogens with zero attached hydrogens (tertiary/aromatic N) is 1. The normalized spacial score (nSPS) is 10.2. The zero-order valence-electron chi connectivity index (χ0n) is 7.95. The molecule has 0 saturated carbocycles. The second kappa shape index (κ2) is 4.45. The van der Waals surface area contributed by atoms with Crippen LogP contribution in [0.4, 0.5) is 8.78 Å². The zero-order valence-corrected chi connectivity index (χ0v) is 8.71. The Morgan fingerprint density at radius 1 is 1.12 bits per heavy atom. The summed E-state index contributed by atoms with van der Waals surface area (Å²) in [5.41, 5.74) is 0. The van der Waals surface area contributed by atoms with E-state index in [1.165, 1.54) is 30.3 Å².